The molecule has 1 aromatic heterocycles. The largest absolute Gasteiger partial charge is 0.465 e. The summed E-state index contributed by atoms with van der Waals surface area (Å²) < 4.78 is 23.3. The molecule has 0 saturated heterocycles. The molecule has 0 amide bonds. The smallest absolute Gasteiger partial charge is 0.331 e. The highest BCUT2D eigenvalue weighted by Gasteiger charge is 2.58. The highest BCUT2D eigenvalue weighted by molar-refractivity contribution is 5.86. The van der Waals surface area contributed by atoms with Crippen molar-refractivity contribution < 1.29 is 33.0 Å². The van der Waals surface area contributed by atoms with Gasteiger partial charge in [0.15, 0.2) is 0 Å². The monoisotopic (exact) mass is 524 g/mol. The van der Waals surface area contributed by atoms with E-state index in [1.165, 1.54) is 31.8 Å². The van der Waals surface area contributed by atoms with E-state index in [-0.39, 0.29) is 40.7 Å². The first-order valence-corrected chi connectivity index (χ1v) is 13.5. The van der Waals surface area contributed by atoms with Crippen LogP contribution in [0.3, 0.4) is 0 Å². The molecule has 38 heavy (non-hydrogen) atoms. The van der Waals surface area contributed by atoms with Crippen molar-refractivity contribution in [3.05, 3.63) is 53.5 Å². The zero-order chi connectivity index (χ0) is 27.8. The number of esters is 3. The summed E-state index contributed by atoms with van der Waals surface area (Å²) in [5, 5.41) is 0. The Hall–Kier alpha value is -3.09. The van der Waals surface area contributed by atoms with Gasteiger partial charge >= 0.3 is 17.9 Å². The van der Waals surface area contributed by atoms with Gasteiger partial charge in [0, 0.05) is 31.8 Å². The second-order valence-electron chi connectivity index (χ2n) is 12.0. The first-order chi connectivity index (χ1) is 17.8. The molecule has 1 aromatic rings. The fourth-order valence-corrected chi connectivity index (χ4v) is 7.42. The zero-order valence-electron chi connectivity index (χ0n) is 23.4. The molecule has 0 aromatic carbocycles. The summed E-state index contributed by atoms with van der Waals surface area (Å²) >= 11 is 0. The topological polar surface area (TPSA) is 92.0 Å². The molecule has 0 unspecified atom stereocenters. The molecule has 4 rings (SSSR count). The van der Waals surface area contributed by atoms with E-state index in [2.05, 4.69) is 34.3 Å². The molecule has 0 spiro atoms. The second-order valence-corrected chi connectivity index (χ2v) is 12.0. The Kier molecular flexibility index (Phi) is 7.78. The van der Waals surface area contributed by atoms with Gasteiger partial charge < -0.3 is 18.6 Å². The summed E-state index contributed by atoms with van der Waals surface area (Å²) in [4.78, 5) is 37.4. The van der Waals surface area contributed by atoms with Crippen molar-refractivity contribution >= 4 is 24.0 Å². The molecule has 3 aliphatic carbocycles. The van der Waals surface area contributed by atoms with Crippen molar-refractivity contribution in [1.82, 2.24) is 0 Å². The van der Waals surface area contributed by atoms with Gasteiger partial charge in [0.25, 0.3) is 0 Å². The number of carbonyl (C=O) groups is 3. The fraction of sp³-hybridized carbons (Fsp3) is 0.581. The van der Waals surface area contributed by atoms with Crippen LogP contribution in [0, 0.1) is 22.7 Å². The molecule has 2 fully saturated rings. The van der Waals surface area contributed by atoms with E-state index >= 15 is 0 Å². The van der Waals surface area contributed by atoms with Gasteiger partial charge in [-0.25, -0.2) is 4.79 Å². The summed E-state index contributed by atoms with van der Waals surface area (Å²) in [6, 6.07) is 3.50. The maximum atomic E-state index is 12.7. The summed E-state index contributed by atoms with van der Waals surface area (Å²) in [6.45, 7) is 15.9. The van der Waals surface area contributed by atoms with Crippen LogP contribution < -0.4 is 0 Å². The van der Waals surface area contributed by atoms with E-state index in [9.17, 15) is 14.4 Å². The van der Waals surface area contributed by atoms with E-state index in [0.717, 1.165) is 24.0 Å². The first kappa shape index (κ1) is 27.9. The average Bonchev–Trinajstić information content (AvgIpc) is 3.31. The molecule has 0 radical (unpaired) electrons. The second kappa shape index (κ2) is 10.6. The Balaban J connectivity index is 1.72. The number of allylic oxidation sites excluding steroid dienone is 1. The van der Waals surface area contributed by atoms with Crippen molar-refractivity contribution in [3.8, 4) is 0 Å². The van der Waals surface area contributed by atoms with Crippen molar-refractivity contribution in [2.24, 2.45) is 22.7 Å². The van der Waals surface area contributed by atoms with E-state index in [4.69, 9.17) is 18.6 Å². The third-order valence-corrected chi connectivity index (χ3v) is 8.95. The van der Waals surface area contributed by atoms with Crippen LogP contribution in [0.4, 0.5) is 0 Å². The number of carbonyl (C=O) groups excluding carboxylic acids is 3. The van der Waals surface area contributed by atoms with Gasteiger partial charge in [-0.1, -0.05) is 32.9 Å². The number of hydrogen-bond donors (Lipinski definition) is 0. The maximum absolute atomic E-state index is 12.7. The predicted octanol–water partition coefficient (Wildman–Crippen LogP) is 6.20. The van der Waals surface area contributed by atoms with Gasteiger partial charge in [0.05, 0.1) is 6.26 Å². The Morgan fingerprint density at radius 3 is 2.39 bits per heavy atom. The highest BCUT2D eigenvalue weighted by Crippen LogP contribution is 2.60. The molecule has 7 nitrogen and oxygen atoms in total. The van der Waals surface area contributed by atoms with Crippen LogP contribution in [0.5, 0.6) is 0 Å². The third kappa shape index (κ3) is 5.38. The van der Waals surface area contributed by atoms with Crippen LogP contribution in [0.25, 0.3) is 6.08 Å². The standard InChI is InChI=1S/C31H40O7/c1-18-10-12-23-29(37-21(4)33)28-19(2)24(38-26(34)13-11-22-9-8-16-35-22)14-15-31(28,7)17-25(36-20(3)32)27(18)30(23,5)6/h8-9,11,13,16,23-25,28-29H,2,10,12,14-15,17H2,1,3-7H3/b13-11-/t23-,24-,25-,28-,29+,31-/m0/s1. The van der Waals surface area contributed by atoms with Crippen LogP contribution in [0.2, 0.25) is 0 Å². The minimum atomic E-state index is -0.519. The van der Waals surface area contributed by atoms with Crippen molar-refractivity contribution in [2.45, 2.75) is 92.0 Å². The fourth-order valence-electron chi connectivity index (χ4n) is 7.42. The molecule has 6 atom stereocenters. The van der Waals surface area contributed by atoms with E-state index in [0.29, 0.717) is 25.0 Å². The Morgan fingerprint density at radius 1 is 1.05 bits per heavy atom. The first-order valence-electron chi connectivity index (χ1n) is 13.5. The van der Waals surface area contributed by atoms with Gasteiger partial charge in [-0.15, -0.1) is 0 Å². The molecule has 7 heteroatoms. The Bertz CT molecular complexity index is 1150. The predicted molar refractivity (Wildman–Crippen MR) is 143 cm³/mol. The summed E-state index contributed by atoms with van der Waals surface area (Å²) in [5.41, 5.74) is 2.37. The van der Waals surface area contributed by atoms with Crippen molar-refractivity contribution in [1.29, 1.82) is 0 Å². The van der Waals surface area contributed by atoms with Crippen LogP contribution in [0.15, 0.2) is 52.2 Å². The molecule has 0 N–H and O–H groups in total. The van der Waals surface area contributed by atoms with Crippen LogP contribution in [0.1, 0.15) is 79.4 Å². The molecule has 1 heterocycles. The number of rotatable bonds is 5. The highest BCUT2D eigenvalue weighted by atomic mass is 16.6. The van der Waals surface area contributed by atoms with Crippen LogP contribution in [-0.4, -0.2) is 36.2 Å². The van der Waals surface area contributed by atoms with Crippen LogP contribution in [-0.2, 0) is 28.6 Å². The van der Waals surface area contributed by atoms with E-state index < -0.39 is 18.2 Å². The minimum absolute atomic E-state index is 0.0159. The SMILES string of the molecule is C=C1[C@@H](OC(=O)/C=C\c2ccco2)CC[C@@]2(C)C[C@H](OC(C)=O)C3=C(C)CC[C@@H]([C@@H](OC(C)=O)[C@H]12)C3(C)C. The molecule has 206 valence electrons. The van der Waals surface area contributed by atoms with Gasteiger partial charge in [-0.2, -0.15) is 0 Å². The molecule has 2 saturated carbocycles. The summed E-state index contributed by atoms with van der Waals surface area (Å²) in [5.74, 6) is -0.862. The number of furan rings is 1. The van der Waals surface area contributed by atoms with Gasteiger partial charge in [0.2, 0.25) is 0 Å². The minimum Gasteiger partial charge on any atom is -0.465 e. The lowest BCUT2D eigenvalue weighted by Gasteiger charge is -2.57. The van der Waals surface area contributed by atoms with E-state index in [1.54, 1.807) is 18.2 Å². The summed E-state index contributed by atoms with van der Waals surface area (Å²) in [6.07, 6.45) is 6.66. The van der Waals surface area contributed by atoms with Gasteiger partial charge in [-0.3, -0.25) is 9.59 Å². The summed E-state index contributed by atoms with van der Waals surface area (Å²) in [7, 11) is 0. The number of ether oxygens (including phenoxy) is 3. The van der Waals surface area contributed by atoms with Crippen molar-refractivity contribution in [3.63, 3.8) is 0 Å². The lowest BCUT2D eigenvalue weighted by Crippen LogP contribution is -2.57. The quantitative estimate of drug-likeness (QED) is 0.196. The lowest BCUT2D eigenvalue weighted by atomic mass is 9.50. The van der Waals surface area contributed by atoms with Crippen LogP contribution >= 0.6 is 0 Å². The zero-order valence-corrected chi connectivity index (χ0v) is 23.4. The number of hydrogen-bond acceptors (Lipinski definition) is 7. The molecular weight excluding hydrogens is 484 g/mol. The Labute approximate surface area is 225 Å². The normalized spacial score (nSPS) is 32.7. The Morgan fingerprint density at radius 2 is 1.76 bits per heavy atom. The lowest BCUT2D eigenvalue weighted by molar-refractivity contribution is -0.170. The van der Waals surface area contributed by atoms with Gasteiger partial charge in [-0.05, 0) is 79.2 Å². The molecule has 3 aliphatic rings. The third-order valence-electron chi connectivity index (χ3n) is 8.95. The molecule has 2 bridgehead atoms. The average molecular weight is 525 g/mol. The van der Waals surface area contributed by atoms with Crippen molar-refractivity contribution in [2.75, 3.05) is 0 Å². The van der Waals surface area contributed by atoms with E-state index in [1.807, 2.05) is 0 Å². The van der Waals surface area contributed by atoms with Gasteiger partial charge in [0.1, 0.15) is 24.1 Å². The maximum Gasteiger partial charge on any atom is 0.331 e. The molecule has 0 aliphatic heterocycles. The molecular formula is C31H40O7. The number of fused-ring (bicyclic) bond motifs is 3.